The smallest absolute Gasteiger partial charge is 0.263 e. The minimum absolute atomic E-state index is 0.0888. The minimum atomic E-state index is -0.138. The van der Waals surface area contributed by atoms with E-state index in [1.54, 1.807) is 12.1 Å². The maximum atomic E-state index is 12.9. The zero-order chi connectivity index (χ0) is 23.5. The van der Waals surface area contributed by atoms with Crippen LogP contribution in [0.2, 0.25) is 0 Å². The number of fused-ring (bicyclic) bond motifs is 3. The lowest BCUT2D eigenvalue weighted by Crippen LogP contribution is -2.25. The highest BCUT2D eigenvalue weighted by Gasteiger charge is 2.17. The Morgan fingerprint density at radius 3 is 2.62 bits per heavy atom. The molecule has 1 amide bonds. The summed E-state index contributed by atoms with van der Waals surface area (Å²) in [6.07, 6.45) is 4.15. The summed E-state index contributed by atoms with van der Waals surface area (Å²) in [5, 5.41) is 12.6. The van der Waals surface area contributed by atoms with Crippen molar-refractivity contribution in [2.75, 3.05) is 23.7 Å². The van der Waals surface area contributed by atoms with Crippen LogP contribution >= 0.6 is 11.8 Å². The third kappa shape index (κ3) is 4.31. The van der Waals surface area contributed by atoms with E-state index in [1.807, 2.05) is 22.6 Å². The molecule has 174 valence electrons. The summed E-state index contributed by atoms with van der Waals surface area (Å²) < 4.78 is 3.37. The first-order valence-electron chi connectivity index (χ1n) is 11.4. The van der Waals surface area contributed by atoms with E-state index < -0.39 is 0 Å². The van der Waals surface area contributed by atoms with E-state index in [1.165, 1.54) is 34.9 Å². The number of hydrogen-bond donors (Lipinski definition) is 1. The predicted octanol–water partition coefficient (Wildman–Crippen LogP) is 3.24. The first-order valence-corrected chi connectivity index (χ1v) is 12.4. The Morgan fingerprint density at radius 1 is 1.09 bits per heavy atom. The van der Waals surface area contributed by atoms with Gasteiger partial charge in [0.1, 0.15) is 0 Å². The van der Waals surface area contributed by atoms with Crippen molar-refractivity contribution in [2.24, 2.45) is 0 Å². The normalized spacial score (nSPS) is 13.6. The topological polar surface area (TPSA) is 84.5 Å². The molecule has 0 spiro atoms. The van der Waals surface area contributed by atoms with E-state index in [0.717, 1.165) is 18.7 Å². The van der Waals surface area contributed by atoms with Crippen LogP contribution in [0.15, 0.2) is 71.1 Å². The highest BCUT2D eigenvalue weighted by Crippen LogP contribution is 2.22. The van der Waals surface area contributed by atoms with Crippen molar-refractivity contribution >= 4 is 40.0 Å². The summed E-state index contributed by atoms with van der Waals surface area (Å²) in [5.41, 5.74) is 2.88. The number of amides is 1. The fraction of sp³-hybridized carbons (Fsp3) is 0.280. The van der Waals surface area contributed by atoms with Gasteiger partial charge in [0.05, 0.1) is 16.7 Å². The van der Waals surface area contributed by atoms with Gasteiger partial charge in [-0.2, -0.15) is 0 Å². The molecule has 3 heterocycles. The molecule has 0 saturated carbocycles. The number of carbonyl (C=O) groups excluding carboxylic acids is 1. The van der Waals surface area contributed by atoms with Gasteiger partial charge in [-0.3, -0.25) is 18.6 Å². The molecular formula is C25H26N6O2S. The Kier molecular flexibility index (Phi) is 6.35. The lowest BCUT2D eigenvalue weighted by Gasteiger charge is -2.17. The second kappa shape index (κ2) is 9.72. The van der Waals surface area contributed by atoms with Crippen LogP contribution in [0.3, 0.4) is 0 Å². The molecule has 8 nitrogen and oxygen atoms in total. The third-order valence-corrected chi connectivity index (χ3v) is 6.95. The SMILES string of the molecule is C=CCn1c(=O)c2ccccc2n2c(SCC(=O)NCc3ccc(N4CCCC4)cc3)nnc12. The molecule has 1 aliphatic heterocycles. The van der Waals surface area contributed by atoms with E-state index in [9.17, 15) is 9.59 Å². The van der Waals surface area contributed by atoms with Gasteiger partial charge >= 0.3 is 0 Å². The van der Waals surface area contributed by atoms with E-state index in [4.69, 9.17) is 0 Å². The molecule has 5 rings (SSSR count). The minimum Gasteiger partial charge on any atom is -0.372 e. The molecule has 1 N–H and O–H groups in total. The molecule has 0 bridgehead atoms. The molecule has 1 saturated heterocycles. The van der Waals surface area contributed by atoms with Crippen LogP contribution in [0.4, 0.5) is 5.69 Å². The number of benzene rings is 2. The molecule has 1 fully saturated rings. The standard InChI is InChI=1S/C25H26N6O2S/c1-2-13-30-23(33)20-7-3-4-8-21(20)31-24(30)27-28-25(31)34-17-22(32)26-16-18-9-11-19(12-10-18)29-14-5-6-15-29/h2-4,7-12H,1,5-6,13-17H2,(H,26,32). The fourth-order valence-electron chi connectivity index (χ4n) is 4.30. The largest absolute Gasteiger partial charge is 0.372 e. The van der Waals surface area contributed by atoms with Crippen LogP contribution in [-0.4, -0.2) is 43.9 Å². The number of nitrogens with one attached hydrogen (secondary N) is 1. The Balaban J connectivity index is 1.28. The summed E-state index contributed by atoms with van der Waals surface area (Å²) in [4.78, 5) is 27.8. The molecule has 2 aromatic carbocycles. The number of hydrogen-bond acceptors (Lipinski definition) is 6. The molecule has 0 atom stereocenters. The number of carbonyl (C=O) groups is 1. The van der Waals surface area contributed by atoms with Crippen LogP contribution in [-0.2, 0) is 17.9 Å². The van der Waals surface area contributed by atoms with Crippen molar-refractivity contribution in [1.82, 2.24) is 24.5 Å². The van der Waals surface area contributed by atoms with Crippen LogP contribution in [0.25, 0.3) is 16.7 Å². The van der Waals surface area contributed by atoms with Gasteiger partial charge in [-0.15, -0.1) is 16.8 Å². The second-order valence-corrected chi connectivity index (χ2v) is 9.21. The van der Waals surface area contributed by atoms with Gasteiger partial charge in [0.25, 0.3) is 5.56 Å². The van der Waals surface area contributed by atoms with Gasteiger partial charge in [0.15, 0.2) is 5.16 Å². The Hall–Kier alpha value is -3.59. The maximum absolute atomic E-state index is 12.9. The maximum Gasteiger partial charge on any atom is 0.263 e. The lowest BCUT2D eigenvalue weighted by atomic mass is 10.2. The Bertz CT molecular complexity index is 1400. The van der Waals surface area contributed by atoms with Crippen molar-refractivity contribution in [1.29, 1.82) is 0 Å². The van der Waals surface area contributed by atoms with Crippen molar-refractivity contribution < 1.29 is 4.79 Å². The molecular weight excluding hydrogens is 448 g/mol. The van der Waals surface area contributed by atoms with Gasteiger partial charge in [0.2, 0.25) is 11.7 Å². The molecule has 0 aliphatic carbocycles. The van der Waals surface area contributed by atoms with Gasteiger partial charge in [0, 0.05) is 31.9 Å². The number of allylic oxidation sites excluding steroid dienone is 1. The summed E-state index contributed by atoms with van der Waals surface area (Å²) in [6, 6.07) is 15.7. The quantitative estimate of drug-likeness (QED) is 0.312. The van der Waals surface area contributed by atoms with E-state index in [-0.39, 0.29) is 17.2 Å². The third-order valence-electron chi connectivity index (χ3n) is 6.02. The van der Waals surface area contributed by atoms with Crippen LogP contribution in [0.5, 0.6) is 0 Å². The number of rotatable bonds is 8. The lowest BCUT2D eigenvalue weighted by molar-refractivity contribution is -0.118. The molecule has 0 radical (unpaired) electrons. The van der Waals surface area contributed by atoms with Gasteiger partial charge < -0.3 is 10.2 Å². The zero-order valence-electron chi connectivity index (χ0n) is 18.8. The van der Waals surface area contributed by atoms with Crippen LogP contribution in [0.1, 0.15) is 18.4 Å². The number of para-hydroxylation sites is 1. The number of aromatic nitrogens is 4. The molecule has 34 heavy (non-hydrogen) atoms. The number of anilines is 1. The zero-order valence-corrected chi connectivity index (χ0v) is 19.6. The highest BCUT2D eigenvalue weighted by atomic mass is 32.2. The first-order chi connectivity index (χ1) is 16.7. The molecule has 0 unspecified atom stereocenters. The summed E-state index contributed by atoms with van der Waals surface area (Å²) in [5.74, 6) is 0.542. The van der Waals surface area contributed by atoms with E-state index in [0.29, 0.717) is 34.9 Å². The van der Waals surface area contributed by atoms with E-state index >= 15 is 0 Å². The number of thioether (sulfide) groups is 1. The summed E-state index contributed by atoms with van der Waals surface area (Å²) in [7, 11) is 0. The van der Waals surface area contributed by atoms with Crippen LogP contribution < -0.4 is 15.8 Å². The fourth-order valence-corrected chi connectivity index (χ4v) is 5.07. The van der Waals surface area contributed by atoms with Crippen LogP contribution in [0, 0.1) is 0 Å². The number of nitrogens with zero attached hydrogens (tertiary/aromatic N) is 5. The van der Waals surface area contributed by atoms with Gasteiger partial charge in [-0.25, -0.2) is 0 Å². The van der Waals surface area contributed by atoms with E-state index in [2.05, 4.69) is 51.3 Å². The van der Waals surface area contributed by atoms with Crippen molar-refractivity contribution in [3.63, 3.8) is 0 Å². The molecule has 2 aromatic heterocycles. The monoisotopic (exact) mass is 474 g/mol. The van der Waals surface area contributed by atoms with Gasteiger partial charge in [-0.1, -0.05) is 42.1 Å². The highest BCUT2D eigenvalue weighted by molar-refractivity contribution is 7.99. The average Bonchev–Trinajstić information content (AvgIpc) is 3.55. The predicted molar refractivity (Wildman–Crippen MR) is 135 cm³/mol. The average molecular weight is 475 g/mol. The molecule has 4 aromatic rings. The first kappa shape index (κ1) is 22.2. The molecule has 9 heteroatoms. The molecule has 1 aliphatic rings. The van der Waals surface area contributed by atoms with Crippen molar-refractivity contribution in [3.8, 4) is 0 Å². The Morgan fingerprint density at radius 2 is 1.85 bits per heavy atom. The Labute approximate surface area is 201 Å². The van der Waals surface area contributed by atoms with Crippen molar-refractivity contribution in [3.05, 3.63) is 77.1 Å². The van der Waals surface area contributed by atoms with Gasteiger partial charge in [-0.05, 0) is 42.7 Å². The second-order valence-electron chi connectivity index (χ2n) is 8.27. The van der Waals surface area contributed by atoms with Crippen molar-refractivity contribution in [2.45, 2.75) is 31.1 Å². The summed E-state index contributed by atoms with van der Waals surface area (Å²) in [6.45, 7) is 6.77. The summed E-state index contributed by atoms with van der Waals surface area (Å²) >= 11 is 1.30.